The molecule has 0 amide bonds. The number of aromatic nitrogens is 3. The van der Waals surface area contributed by atoms with E-state index in [1.54, 1.807) is 10.9 Å². The molecule has 0 aliphatic carbocycles. The summed E-state index contributed by atoms with van der Waals surface area (Å²) in [5, 5.41) is 10.2. The van der Waals surface area contributed by atoms with E-state index in [-0.39, 0.29) is 6.04 Å². The van der Waals surface area contributed by atoms with Crippen LogP contribution < -0.4 is 11.3 Å². The third-order valence-electron chi connectivity index (χ3n) is 3.37. The Bertz CT molecular complexity index is 752. The Hall–Kier alpha value is -1.76. The zero-order valence-electron chi connectivity index (χ0n) is 10.9. The van der Waals surface area contributed by atoms with Crippen molar-refractivity contribution in [1.29, 1.82) is 0 Å². The molecule has 1 atom stereocenters. The van der Waals surface area contributed by atoms with Crippen LogP contribution in [-0.4, -0.2) is 15.0 Å². The maximum Gasteiger partial charge on any atom is 0.0894 e. The molecule has 0 aliphatic rings. The molecule has 20 heavy (non-hydrogen) atoms. The summed E-state index contributed by atoms with van der Waals surface area (Å²) >= 11 is 3.48. The van der Waals surface area contributed by atoms with Gasteiger partial charge in [0.25, 0.3) is 0 Å². The van der Waals surface area contributed by atoms with E-state index < -0.39 is 0 Å². The Morgan fingerprint density at radius 1 is 1.20 bits per heavy atom. The third kappa shape index (κ3) is 2.33. The summed E-state index contributed by atoms with van der Waals surface area (Å²) in [5.41, 5.74) is 4.82. The van der Waals surface area contributed by atoms with Crippen LogP contribution in [0.2, 0.25) is 0 Å². The van der Waals surface area contributed by atoms with E-state index in [4.69, 9.17) is 5.84 Å². The van der Waals surface area contributed by atoms with Crippen LogP contribution in [0.4, 0.5) is 0 Å². The Kier molecular flexibility index (Phi) is 3.52. The predicted molar refractivity (Wildman–Crippen MR) is 81.8 cm³/mol. The highest BCUT2D eigenvalue weighted by atomic mass is 79.9. The number of hydrogen-bond acceptors (Lipinski definition) is 4. The molecule has 1 heterocycles. The summed E-state index contributed by atoms with van der Waals surface area (Å²) in [5.74, 6) is 5.71. The minimum atomic E-state index is -0.136. The molecule has 6 heteroatoms. The van der Waals surface area contributed by atoms with Crippen LogP contribution in [0, 0.1) is 0 Å². The standard InChI is InChI=1S/C14H14BrN5/c1-20-13(8-17-19-20)14(18-16)11-3-2-10-7-12(15)5-4-9(10)6-11/h2-8,14,18H,16H2,1H3. The first-order chi connectivity index (χ1) is 9.69. The summed E-state index contributed by atoms with van der Waals surface area (Å²) in [4.78, 5) is 0. The fourth-order valence-corrected chi connectivity index (χ4v) is 2.70. The summed E-state index contributed by atoms with van der Waals surface area (Å²) < 4.78 is 2.79. The first-order valence-electron chi connectivity index (χ1n) is 6.19. The highest BCUT2D eigenvalue weighted by Gasteiger charge is 2.16. The number of fused-ring (bicyclic) bond motifs is 1. The SMILES string of the molecule is Cn1nncc1C(NN)c1ccc2cc(Br)ccc2c1. The second-order valence-corrected chi connectivity index (χ2v) is 5.55. The van der Waals surface area contributed by atoms with Crippen LogP contribution >= 0.6 is 15.9 Å². The topological polar surface area (TPSA) is 68.8 Å². The summed E-state index contributed by atoms with van der Waals surface area (Å²) in [6.07, 6.45) is 1.72. The molecule has 102 valence electrons. The summed E-state index contributed by atoms with van der Waals surface area (Å²) in [6.45, 7) is 0. The lowest BCUT2D eigenvalue weighted by Gasteiger charge is -2.16. The van der Waals surface area contributed by atoms with Gasteiger partial charge in [-0.05, 0) is 34.5 Å². The molecule has 3 rings (SSSR count). The second-order valence-electron chi connectivity index (χ2n) is 4.63. The van der Waals surface area contributed by atoms with Crippen molar-refractivity contribution in [3.05, 3.63) is 58.3 Å². The van der Waals surface area contributed by atoms with Crippen LogP contribution in [0.5, 0.6) is 0 Å². The Morgan fingerprint density at radius 2 is 1.95 bits per heavy atom. The summed E-state index contributed by atoms with van der Waals surface area (Å²) in [7, 11) is 1.85. The van der Waals surface area contributed by atoms with Crippen LogP contribution in [0.3, 0.4) is 0 Å². The van der Waals surface area contributed by atoms with Gasteiger partial charge in [-0.15, -0.1) is 5.10 Å². The molecule has 0 aliphatic heterocycles. The van der Waals surface area contributed by atoms with E-state index in [2.05, 4.69) is 62.0 Å². The lowest BCUT2D eigenvalue weighted by Crippen LogP contribution is -2.30. The second kappa shape index (κ2) is 5.32. The molecule has 5 nitrogen and oxygen atoms in total. The smallest absolute Gasteiger partial charge is 0.0894 e. The number of nitrogens with two attached hydrogens (primary N) is 1. The predicted octanol–water partition coefficient (Wildman–Crippen LogP) is 2.28. The fourth-order valence-electron chi connectivity index (χ4n) is 2.33. The Morgan fingerprint density at radius 3 is 2.65 bits per heavy atom. The van der Waals surface area contributed by atoms with Gasteiger partial charge in [-0.25, -0.2) is 5.43 Å². The van der Waals surface area contributed by atoms with Gasteiger partial charge < -0.3 is 0 Å². The van der Waals surface area contributed by atoms with Crippen LogP contribution in [0.15, 0.2) is 47.1 Å². The van der Waals surface area contributed by atoms with Gasteiger partial charge in [0.1, 0.15) is 0 Å². The lowest BCUT2D eigenvalue weighted by molar-refractivity contribution is 0.570. The van der Waals surface area contributed by atoms with E-state index in [1.807, 2.05) is 13.1 Å². The molecule has 3 aromatic rings. The van der Waals surface area contributed by atoms with Crippen molar-refractivity contribution in [3.63, 3.8) is 0 Å². The maximum absolute atomic E-state index is 5.71. The van der Waals surface area contributed by atoms with Crippen molar-refractivity contribution in [2.75, 3.05) is 0 Å². The van der Waals surface area contributed by atoms with Crippen molar-refractivity contribution in [3.8, 4) is 0 Å². The average Bonchev–Trinajstić information content (AvgIpc) is 2.86. The van der Waals surface area contributed by atoms with Crippen LogP contribution in [-0.2, 0) is 7.05 Å². The molecular weight excluding hydrogens is 318 g/mol. The first kappa shape index (κ1) is 13.2. The number of nitrogens with one attached hydrogen (secondary N) is 1. The largest absolute Gasteiger partial charge is 0.271 e. The van der Waals surface area contributed by atoms with Crippen molar-refractivity contribution < 1.29 is 0 Å². The van der Waals surface area contributed by atoms with Gasteiger partial charge in [-0.1, -0.05) is 39.3 Å². The quantitative estimate of drug-likeness (QED) is 0.570. The normalized spacial score (nSPS) is 12.8. The fraction of sp³-hybridized carbons (Fsp3) is 0.143. The van der Waals surface area contributed by atoms with Gasteiger partial charge in [-0.3, -0.25) is 10.5 Å². The van der Waals surface area contributed by atoms with Crippen molar-refractivity contribution >= 4 is 26.7 Å². The Balaban J connectivity index is 2.08. The Labute approximate surface area is 124 Å². The number of halogens is 1. The number of hydrogen-bond donors (Lipinski definition) is 2. The molecule has 3 N–H and O–H groups in total. The molecule has 0 bridgehead atoms. The molecule has 0 spiro atoms. The molecule has 1 aromatic heterocycles. The number of hydrazine groups is 1. The zero-order valence-corrected chi connectivity index (χ0v) is 12.5. The maximum atomic E-state index is 5.71. The van der Waals surface area contributed by atoms with Gasteiger partial charge in [0.2, 0.25) is 0 Å². The van der Waals surface area contributed by atoms with Crippen LogP contribution in [0.25, 0.3) is 10.8 Å². The molecule has 0 saturated heterocycles. The van der Waals surface area contributed by atoms with Gasteiger partial charge in [0.05, 0.1) is 17.9 Å². The minimum Gasteiger partial charge on any atom is -0.271 e. The van der Waals surface area contributed by atoms with Gasteiger partial charge in [-0.2, -0.15) is 0 Å². The molecule has 0 saturated carbocycles. The monoisotopic (exact) mass is 331 g/mol. The van der Waals surface area contributed by atoms with Crippen LogP contribution in [0.1, 0.15) is 17.3 Å². The number of nitrogens with zero attached hydrogens (tertiary/aromatic N) is 3. The van der Waals surface area contributed by atoms with Crippen molar-refractivity contribution in [2.24, 2.45) is 12.9 Å². The summed E-state index contributed by atoms with van der Waals surface area (Å²) in [6, 6.07) is 12.3. The molecule has 1 unspecified atom stereocenters. The molecule has 2 aromatic carbocycles. The molecule has 0 fully saturated rings. The van der Waals surface area contributed by atoms with Gasteiger partial charge in [0, 0.05) is 11.5 Å². The van der Waals surface area contributed by atoms with Crippen molar-refractivity contribution in [1.82, 2.24) is 20.4 Å². The zero-order chi connectivity index (χ0) is 14.1. The van der Waals surface area contributed by atoms with E-state index in [1.165, 1.54) is 10.8 Å². The lowest BCUT2D eigenvalue weighted by atomic mass is 10.0. The van der Waals surface area contributed by atoms with E-state index in [9.17, 15) is 0 Å². The van der Waals surface area contributed by atoms with Crippen molar-refractivity contribution in [2.45, 2.75) is 6.04 Å². The highest BCUT2D eigenvalue weighted by molar-refractivity contribution is 9.10. The highest BCUT2D eigenvalue weighted by Crippen LogP contribution is 2.26. The van der Waals surface area contributed by atoms with E-state index in [0.717, 1.165) is 15.7 Å². The average molecular weight is 332 g/mol. The van der Waals surface area contributed by atoms with E-state index in [0.29, 0.717) is 0 Å². The number of rotatable bonds is 3. The number of aryl methyl sites for hydroxylation is 1. The van der Waals surface area contributed by atoms with Gasteiger partial charge in [0.15, 0.2) is 0 Å². The van der Waals surface area contributed by atoms with E-state index >= 15 is 0 Å². The minimum absolute atomic E-state index is 0.136. The first-order valence-corrected chi connectivity index (χ1v) is 6.98. The van der Waals surface area contributed by atoms with Gasteiger partial charge >= 0.3 is 0 Å². The number of benzene rings is 2. The molecule has 0 radical (unpaired) electrons. The molecular formula is C14H14BrN5. The third-order valence-corrected chi connectivity index (χ3v) is 3.86.